The van der Waals surface area contributed by atoms with Crippen LogP contribution in [0.3, 0.4) is 0 Å². The van der Waals surface area contributed by atoms with Gasteiger partial charge in [-0.3, -0.25) is 4.79 Å². The highest BCUT2D eigenvalue weighted by atomic mass is 35.5. The average Bonchev–Trinajstić information content (AvgIpc) is 2.82. The first-order valence-corrected chi connectivity index (χ1v) is 6.36. The molecule has 1 heterocycles. The highest BCUT2D eigenvalue weighted by molar-refractivity contribution is 6.42. The van der Waals surface area contributed by atoms with Crippen molar-refractivity contribution in [1.29, 1.82) is 0 Å². The average molecular weight is 310 g/mol. The molecule has 0 aromatic heterocycles. The van der Waals surface area contributed by atoms with Gasteiger partial charge in [0.2, 0.25) is 0 Å². The summed E-state index contributed by atoms with van der Waals surface area (Å²) in [6.07, 6.45) is 1.11. The minimum atomic E-state index is -0.101. The lowest BCUT2D eigenvalue weighted by atomic mass is 10.1. The van der Waals surface area contributed by atoms with Crippen LogP contribution in [0, 0.1) is 5.92 Å². The largest absolute Gasteiger partial charge is 0.352 e. The zero-order chi connectivity index (χ0) is 12.3. The third-order valence-electron chi connectivity index (χ3n) is 2.90. The van der Waals surface area contributed by atoms with Gasteiger partial charge in [0.05, 0.1) is 10.0 Å². The Morgan fingerprint density at radius 1 is 1.39 bits per heavy atom. The van der Waals surface area contributed by atoms with E-state index in [1.54, 1.807) is 18.2 Å². The van der Waals surface area contributed by atoms with Crippen molar-refractivity contribution < 1.29 is 4.79 Å². The van der Waals surface area contributed by atoms with Crippen LogP contribution < -0.4 is 10.6 Å². The molecule has 1 fully saturated rings. The Bertz CT molecular complexity index is 420. The van der Waals surface area contributed by atoms with Crippen LogP contribution >= 0.6 is 35.6 Å². The zero-order valence-corrected chi connectivity index (χ0v) is 12.0. The van der Waals surface area contributed by atoms with Crippen LogP contribution in [0.4, 0.5) is 0 Å². The molecule has 100 valence electrons. The second-order valence-electron chi connectivity index (χ2n) is 4.20. The normalized spacial score (nSPS) is 18.2. The Morgan fingerprint density at radius 2 is 2.17 bits per heavy atom. The molecule has 1 amide bonds. The molecule has 1 unspecified atom stereocenters. The fraction of sp³-hybridized carbons (Fsp3) is 0.417. The predicted octanol–water partition coefficient (Wildman–Crippen LogP) is 2.75. The van der Waals surface area contributed by atoms with E-state index in [0.717, 1.165) is 19.5 Å². The minimum Gasteiger partial charge on any atom is -0.352 e. The molecular formula is C12H15Cl3N2O. The summed E-state index contributed by atoms with van der Waals surface area (Å²) in [6, 6.07) is 4.90. The van der Waals surface area contributed by atoms with Gasteiger partial charge >= 0.3 is 0 Å². The Balaban J connectivity index is 0.00000162. The molecule has 1 aromatic rings. The molecule has 0 radical (unpaired) electrons. The van der Waals surface area contributed by atoms with E-state index in [4.69, 9.17) is 23.2 Å². The van der Waals surface area contributed by atoms with Crippen molar-refractivity contribution in [2.75, 3.05) is 19.6 Å². The molecular weight excluding hydrogens is 295 g/mol. The van der Waals surface area contributed by atoms with E-state index in [1.807, 2.05) is 0 Å². The van der Waals surface area contributed by atoms with E-state index in [0.29, 0.717) is 28.1 Å². The number of carbonyl (C=O) groups is 1. The second kappa shape index (κ2) is 7.19. The summed E-state index contributed by atoms with van der Waals surface area (Å²) in [7, 11) is 0. The van der Waals surface area contributed by atoms with Crippen LogP contribution in [0.1, 0.15) is 16.8 Å². The molecule has 1 aromatic carbocycles. The SMILES string of the molecule is Cl.O=C(NCC1CCNC1)c1ccc(Cl)c(Cl)c1. The maximum atomic E-state index is 11.8. The Labute approximate surface area is 123 Å². The fourth-order valence-electron chi connectivity index (χ4n) is 1.87. The molecule has 6 heteroatoms. The van der Waals surface area contributed by atoms with Gasteiger partial charge in [-0.05, 0) is 43.6 Å². The summed E-state index contributed by atoms with van der Waals surface area (Å²) in [5, 5.41) is 7.04. The number of rotatable bonds is 3. The van der Waals surface area contributed by atoms with Gasteiger partial charge < -0.3 is 10.6 Å². The van der Waals surface area contributed by atoms with Crippen molar-refractivity contribution in [1.82, 2.24) is 10.6 Å². The number of hydrogen-bond donors (Lipinski definition) is 2. The molecule has 3 nitrogen and oxygen atoms in total. The van der Waals surface area contributed by atoms with E-state index < -0.39 is 0 Å². The Hall–Kier alpha value is -0.480. The lowest BCUT2D eigenvalue weighted by Crippen LogP contribution is -2.30. The van der Waals surface area contributed by atoms with Crippen LogP contribution in [0.5, 0.6) is 0 Å². The quantitative estimate of drug-likeness (QED) is 0.901. The zero-order valence-electron chi connectivity index (χ0n) is 9.71. The lowest BCUT2D eigenvalue weighted by Gasteiger charge is -2.10. The monoisotopic (exact) mass is 308 g/mol. The van der Waals surface area contributed by atoms with Gasteiger partial charge in [0.25, 0.3) is 5.91 Å². The van der Waals surface area contributed by atoms with Crippen molar-refractivity contribution >= 4 is 41.5 Å². The first kappa shape index (κ1) is 15.6. The molecule has 2 N–H and O–H groups in total. The van der Waals surface area contributed by atoms with E-state index in [1.165, 1.54) is 0 Å². The molecule has 1 aliphatic rings. The number of nitrogens with one attached hydrogen (secondary N) is 2. The van der Waals surface area contributed by atoms with Gasteiger partial charge in [0.1, 0.15) is 0 Å². The van der Waals surface area contributed by atoms with Gasteiger partial charge in [0, 0.05) is 12.1 Å². The number of amides is 1. The predicted molar refractivity (Wildman–Crippen MR) is 77.0 cm³/mol. The standard InChI is InChI=1S/C12H14Cl2N2O.ClH/c13-10-2-1-9(5-11(10)14)12(17)16-7-8-3-4-15-6-8;/h1-2,5,8,15H,3-4,6-7H2,(H,16,17);1H. The van der Waals surface area contributed by atoms with Crippen LogP contribution in [-0.4, -0.2) is 25.5 Å². The molecule has 1 atom stereocenters. The fourth-order valence-corrected chi connectivity index (χ4v) is 2.16. The Kier molecular flexibility index (Phi) is 6.22. The molecule has 1 aliphatic heterocycles. The molecule has 1 saturated heterocycles. The van der Waals surface area contributed by atoms with Gasteiger partial charge in [-0.2, -0.15) is 0 Å². The smallest absolute Gasteiger partial charge is 0.251 e. The maximum Gasteiger partial charge on any atom is 0.251 e. The van der Waals surface area contributed by atoms with Crippen molar-refractivity contribution in [3.05, 3.63) is 33.8 Å². The summed E-state index contributed by atoms with van der Waals surface area (Å²) >= 11 is 11.7. The topological polar surface area (TPSA) is 41.1 Å². The molecule has 2 rings (SSSR count). The van der Waals surface area contributed by atoms with Gasteiger partial charge in [0.15, 0.2) is 0 Å². The second-order valence-corrected chi connectivity index (χ2v) is 5.01. The van der Waals surface area contributed by atoms with Crippen LogP contribution in [0.2, 0.25) is 10.0 Å². The first-order valence-electron chi connectivity index (χ1n) is 5.61. The molecule has 0 saturated carbocycles. The summed E-state index contributed by atoms with van der Waals surface area (Å²) < 4.78 is 0. The van der Waals surface area contributed by atoms with E-state index in [-0.39, 0.29) is 18.3 Å². The van der Waals surface area contributed by atoms with Crippen molar-refractivity contribution in [3.63, 3.8) is 0 Å². The summed E-state index contributed by atoms with van der Waals surface area (Å²) in [5.41, 5.74) is 0.547. The van der Waals surface area contributed by atoms with Crippen LogP contribution in [-0.2, 0) is 0 Å². The molecule has 0 aliphatic carbocycles. The highest BCUT2D eigenvalue weighted by Gasteiger charge is 2.15. The molecule has 18 heavy (non-hydrogen) atoms. The minimum absolute atomic E-state index is 0. The number of halogens is 3. The Morgan fingerprint density at radius 3 is 2.78 bits per heavy atom. The number of carbonyl (C=O) groups excluding carboxylic acids is 1. The summed E-state index contributed by atoms with van der Waals surface area (Å²) in [6.45, 7) is 2.71. The summed E-state index contributed by atoms with van der Waals surface area (Å²) in [5.74, 6) is 0.428. The van der Waals surface area contributed by atoms with Crippen LogP contribution in [0.15, 0.2) is 18.2 Å². The van der Waals surface area contributed by atoms with Crippen molar-refractivity contribution in [2.45, 2.75) is 6.42 Å². The van der Waals surface area contributed by atoms with Gasteiger partial charge in [-0.15, -0.1) is 12.4 Å². The highest BCUT2D eigenvalue weighted by Crippen LogP contribution is 2.22. The maximum absolute atomic E-state index is 11.8. The van der Waals surface area contributed by atoms with E-state index in [9.17, 15) is 4.79 Å². The molecule has 0 bridgehead atoms. The number of benzene rings is 1. The molecule has 0 spiro atoms. The summed E-state index contributed by atoms with van der Waals surface area (Å²) in [4.78, 5) is 11.8. The van der Waals surface area contributed by atoms with E-state index >= 15 is 0 Å². The van der Waals surface area contributed by atoms with Crippen molar-refractivity contribution in [2.24, 2.45) is 5.92 Å². The lowest BCUT2D eigenvalue weighted by molar-refractivity contribution is 0.0948. The first-order chi connectivity index (χ1) is 8.16. The third kappa shape index (κ3) is 4.02. The van der Waals surface area contributed by atoms with Gasteiger partial charge in [-0.1, -0.05) is 23.2 Å². The third-order valence-corrected chi connectivity index (χ3v) is 3.63. The number of hydrogen-bond acceptors (Lipinski definition) is 2. The van der Waals surface area contributed by atoms with E-state index in [2.05, 4.69) is 10.6 Å². The van der Waals surface area contributed by atoms with Crippen molar-refractivity contribution in [3.8, 4) is 0 Å². The van der Waals surface area contributed by atoms with Gasteiger partial charge in [-0.25, -0.2) is 0 Å². The van der Waals surface area contributed by atoms with Crippen LogP contribution in [0.25, 0.3) is 0 Å².